The lowest BCUT2D eigenvalue weighted by Gasteiger charge is -2.30. The number of carbonyl (C=O) groups excluding carboxylic acids is 1. The Morgan fingerprint density at radius 2 is 2.42 bits per heavy atom. The molecule has 2 heterocycles. The zero-order chi connectivity index (χ0) is 13.8. The molecule has 1 saturated heterocycles. The summed E-state index contributed by atoms with van der Waals surface area (Å²) in [5.74, 6) is -0.371. The van der Waals surface area contributed by atoms with Gasteiger partial charge in [0.05, 0.1) is 6.61 Å². The zero-order valence-electron chi connectivity index (χ0n) is 11.5. The molecular weight excluding hydrogens is 262 g/mol. The third kappa shape index (κ3) is 4.28. The van der Waals surface area contributed by atoms with Crippen molar-refractivity contribution in [2.45, 2.75) is 19.2 Å². The van der Waals surface area contributed by atoms with Gasteiger partial charge in [-0.3, -0.25) is 9.69 Å². The molecule has 0 aromatic carbocycles. The van der Waals surface area contributed by atoms with Crippen LogP contribution in [-0.4, -0.2) is 55.6 Å². The lowest BCUT2D eigenvalue weighted by atomic mass is 10.2. The van der Waals surface area contributed by atoms with Crippen molar-refractivity contribution in [3.05, 3.63) is 21.9 Å². The molecule has 2 rings (SSSR count). The third-order valence-electron chi connectivity index (χ3n) is 3.05. The number of morpholine rings is 1. The van der Waals surface area contributed by atoms with E-state index in [1.54, 1.807) is 11.3 Å². The second-order valence-corrected chi connectivity index (χ2v) is 6.15. The predicted octanol–water partition coefficient (Wildman–Crippen LogP) is 0.496. The van der Waals surface area contributed by atoms with Crippen LogP contribution in [0.1, 0.15) is 10.4 Å². The van der Waals surface area contributed by atoms with Crippen LogP contribution >= 0.6 is 11.3 Å². The van der Waals surface area contributed by atoms with Gasteiger partial charge in [0, 0.05) is 31.1 Å². The van der Waals surface area contributed by atoms with Crippen molar-refractivity contribution in [1.29, 1.82) is 0 Å². The monoisotopic (exact) mass is 283 g/mol. The molecule has 0 saturated carbocycles. The Kier molecular flexibility index (Phi) is 4.93. The van der Waals surface area contributed by atoms with Crippen LogP contribution in [0.5, 0.6) is 0 Å². The van der Waals surface area contributed by atoms with Crippen molar-refractivity contribution in [1.82, 2.24) is 9.80 Å². The van der Waals surface area contributed by atoms with E-state index >= 15 is 0 Å². The van der Waals surface area contributed by atoms with E-state index in [4.69, 9.17) is 10.5 Å². The van der Waals surface area contributed by atoms with Gasteiger partial charge in [0.1, 0.15) is 6.10 Å². The van der Waals surface area contributed by atoms with Crippen LogP contribution in [0, 0.1) is 0 Å². The van der Waals surface area contributed by atoms with Gasteiger partial charge < -0.3 is 15.4 Å². The zero-order valence-corrected chi connectivity index (χ0v) is 12.3. The van der Waals surface area contributed by atoms with Gasteiger partial charge >= 0.3 is 0 Å². The number of thiophene rings is 1. The van der Waals surface area contributed by atoms with Crippen LogP contribution in [0.2, 0.25) is 0 Å². The van der Waals surface area contributed by atoms with Crippen molar-refractivity contribution in [3.8, 4) is 0 Å². The minimum Gasteiger partial charge on any atom is -0.367 e. The second kappa shape index (κ2) is 6.47. The highest BCUT2D eigenvalue weighted by Crippen LogP contribution is 2.19. The standard InChI is InChI=1S/C13H21N3O2S/c1-15(2)6-10-5-11(19-9-10)7-16-3-4-18-12(8-16)13(14)17/h5,9,12H,3-4,6-8H2,1-2H3,(H2,14,17). The lowest BCUT2D eigenvalue weighted by Crippen LogP contribution is -2.47. The number of rotatable bonds is 5. The predicted molar refractivity (Wildman–Crippen MR) is 75.9 cm³/mol. The number of carbonyl (C=O) groups is 1. The van der Waals surface area contributed by atoms with Gasteiger partial charge in [-0.25, -0.2) is 0 Å². The molecule has 1 aliphatic rings. The van der Waals surface area contributed by atoms with Gasteiger partial charge in [-0.1, -0.05) is 0 Å². The molecule has 1 aromatic rings. The van der Waals surface area contributed by atoms with E-state index in [2.05, 4.69) is 35.3 Å². The Labute approximate surface area is 117 Å². The van der Waals surface area contributed by atoms with E-state index in [0.29, 0.717) is 13.2 Å². The number of ether oxygens (including phenoxy) is 1. The maximum Gasteiger partial charge on any atom is 0.247 e. The number of hydrogen-bond acceptors (Lipinski definition) is 5. The fourth-order valence-electron chi connectivity index (χ4n) is 2.20. The molecule has 1 aromatic heterocycles. The number of primary amides is 1. The van der Waals surface area contributed by atoms with Crippen LogP contribution in [0.15, 0.2) is 11.4 Å². The molecule has 5 nitrogen and oxygen atoms in total. The highest BCUT2D eigenvalue weighted by molar-refractivity contribution is 7.10. The van der Waals surface area contributed by atoms with E-state index in [9.17, 15) is 4.79 Å². The van der Waals surface area contributed by atoms with Gasteiger partial charge in [0.15, 0.2) is 0 Å². The van der Waals surface area contributed by atoms with Crippen LogP contribution in [0.25, 0.3) is 0 Å². The topological polar surface area (TPSA) is 58.8 Å². The summed E-state index contributed by atoms with van der Waals surface area (Å²) in [6.07, 6.45) is -0.463. The fraction of sp³-hybridized carbons (Fsp3) is 0.615. The number of amides is 1. The summed E-state index contributed by atoms with van der Waals surface area (Å²) in [6.45, 7) is 3.85. The van der Waals surface area contributed by atoms with Gasteiger partial charge in [0.25, 0.3) is 0 Å². The van der Waals surface area contributed by atoms with E-state index in [1.165, 1.54) is 10.4 Å². The molecule has 0 radical (unpaired) electrons. The summed E-state index contributed by atoms with van der Waals surface area (Å²) in [5.41, 5.74) is 6.63. The number of hydrogen-bond donors (Lipinski definition) is 1. The lowest BCUT2D eigenvalue weighted by molar-refractivity contribution is -0.135. The molecule has 19 heavy (non-hydrogen) atoms. The fourth-order valence-corrected chi connectivity index (χ4v) is 3.12. The summed E-state index contributed by atoms with van der Waals surface area (Å²) in [6, 6.07) is 2.24. The summed E-state index contributed by atoms with van der Waals surface area (Å²) in [4.78, 5) is 16.8. The Morgan fingerprint density at radius 1 is 1.63 bits per heavy atom. The normalized spacial score (nSPS) is 20.9. The number of nitrogens with zero attached hydrogens (tertiary/aromatic N) is 2. The minimum atomic E-state index is -0.463. The molecule has 1 unspecified atom stereocenters. The molecule has 2 N–H and O–H groups in total. The first-order valence-electron chi connectivity index (χ1n) is 6.39. The third-order valence-corrected chi connectivity index (χ3v) is 4.02. The molecule has 1 fully saturated rings. The van der Waals surface area contributed by atoms with Crippen LogP contribution in [0.4, 0.5) is 0 Å². The highest BCUT2D eigenvalue weighted by atomic mass is 32.1. The first kappa shape index (κ1) is 14.5. The molecule has 0 spiro atoms. The van der Waals surface area contributed by atoms with Crippen LogP contribution < -0.4 is 5.73 Å². The molecule has 0 aliphatic carbocycles. The number of nitrogens with two attached hydrogens (primary N) is 1. The quantitative estimate of drug-likeness (QED) is 0.855. The molecular formula is C13H21N3O2S. The van der Waals surface area contributed by atoms with Gasteiger partial charge in [-0.2, -0.15) is 0 Å². The second-order valence-electron chi connectivity index (χ2n) is 5.16. The summed E-state index contributed by atoms with van der Waals surface area (Å²) < 4.78 is 5.35. The van der Waals surface area contributed by atoms with Crippen molar-refractivity contribution in [2.75, 3.05) is 33.8 Å². The molecule has 1 atom stereocenters. The Morgan fingerprint density at radius 3 is 3.11 bits per heavy atom. The van der Waals surface area contributed by atoms with Crippen molar-refractivity contribution in [3.63, 3.8) is 0 Å². The summed E-state index contributed by atoms with van der Waals surface area (Å²) >= 11 is 1.77. The van der Waals surface area contributed by atoms with Gasteiger partial charge in [0.2, 0.25) is 5.91 Å². The van der Waals surface area contributed by atoms with E-state index in [-0.39, 0.29) is 5.91 Å². The highest BCUT2D eigenvalue weighted by Gasteiger charge is 2.24. The van der Waals surface area contributed by atoms with Gasteiger partial charge in [-0.15, -0.1) is 11.3 Å². The SMILES string of the molecule is CN(C)Cc1csc(CN2CCOC(C(N)=O)C2)c1. The van der Waals surface area contributed by atoms with Crippen molar-refractivity contribution < 1.29 is 9.53 Å². The van der Waals surface area contributed by atoms with Crippen LogP contribution in [-0.2, 0) is 22.6 Å². The van der Waals surface area contributed by atoms with Gasteiger partial charge in [-0.05, 0) is 31.1 Å². The van der Waals surface area contributed by atoms with Crippen molar-refractivity contribution >= 4 is 17.2 Å². The van der Waals surface area contributed by atoms with Crippen LogP contribution in [0.3, 0.4) is 0 Å². The first-order valence-corrected chi connectivity index (χ1v) is 7.27. The summed E-state index contributed by atoms with van der Waals surface area (Å²) in [5, 5.41) is 2.20. The molecule has 106 valence electrons. The maximum absolute atomic E-state index is 11.1. The average molecular weight is 283 g/mol. The van der Waals surface area contributed by atoms with E-state index < -0.39 is 6.10 Å². The summed E-state index contributed by atoms with van der Waals surface area (Å²) in [7, 11) is 4.13. The minimum absolute atomic E-state index is 0.371. The van der Waals surface area contributed by atoms with E-state index in [0.717, 1.165) is 19.6 Å². The largest absolute Gasteiger partial charge is 0.367 e. The molecule has 6 heteroatoms. The molecule has 1 amide bonds. The maximum atomic E-state index is 11.1. The first-order chi connectivity index (χ1) is 9.04. The Bertz CT molecular complexity index is 433. The Hall–Kier alpha value is -0.950. The molecule has 0 bridgehead atoms. The van der Waals surface area contributed by atoms with Crippen molar-refractivity contribution in [2.24, 2.45) is 5.73 Å². The Balaban J connectivity index is 1.89. The average Bonchev–Trinajstić information content (AvgIpc) is 2.76. The smallest absolute Gasteiger partial charge is 0.247 e. The molecule has 1 aliphatic heterocycles. The van der Waals surface area contributed by atoms with E-state index in [1.807, 2.05) is 0 Å².